The van der Waals surface area contributed by atoms with Crippen molar-refractivity contribution in [1.82, 2.24) is 0 Å². The molecule has 0 N–H and O–H groups in total. The Morgan fingerprint density at radius 1 is 1.47 bits per heavy atom. The van der Waals surface area contributed by atoms with Crippen molar-refractivity contribution in [3.8, 4) is 6.07 Å². The number of nitro groups is 1. The first-order valence-corrected chi connectivity index (χ1v) is 5.74. The molecule has 1 aromatic carbocycles. The molecule has 0 spiro atoms. The van der Waals surface area contributed by atoms with E-state index in [1.165, 1.54) is 6.07 Å². The van der Waals surface area contributed by atoms with Crippen molar-refractivity contribution in [2.75, 3.05) is 5.33 Å². The summed E-state index contributed by atoms with van der Waals surface area (Å²) in [6.07, 6.45) is -4.99. The fourth-order valence-corrected chi connectivity index (χ4v) is 1.73. The molecule has 19 heavy (non-hydrogen) atoms. The topological polar surface area (TPSA) is 84.0 Å². The van der Waals surface area contributed by atoms with Crippen molar-refractivity contribution in [3.63, 3.8) is 0 Å². The lowest BCUT2D eigenvalue weighted by Crippen LogP contribution is -2.15. The lowest BCUT2D eigenvalue weighted by molar-refractivity contribution is -0.388. The standard InChI is InChI=1S/C10H4BrF3N2O3/c11-3-7(17)8-5(4-15)1-2-6(10(12,13)14)9(8)16(18)19/h1-2H,3H2. The van der Waals surface area contributed by atoms with Crippen LogP contribution in [-0.2, 0) is 6.18 Å². The maximum absolute atomic E-state index is 12.7. The first-order chi connectivity index (χ1) is 8.73. The summed E-state index contributed by atoms with van der Waals surface area (Å²) >= 11 is 2.71. The van der Waals surface area contributed by atoms with Crippen LogP contribution in [0.5, 0.6) is 0 Å². The van der Waals surface area contributed by atoms with Crippen molar-refractivity contribution in [1.29, 1.82) is 5.26 Å². The third kappa shape index (κ3) is 2.90. The summed E-state index contributed by atoms with van der Waals surface area (Å²) in [6.45, 7) is 0. The molecule has 0 aromatic heterocycles. The van der Waals surface area contributed by atoms with Gasteiger partial charge in [0.05, 0.1) is 15.8 Å². The Hall–Kier alpha value is -1.95. The van der Waals surface area contributed by atoms with Crippen molar-refractivity contribution in [3.05, 3.63) is 38.9 Å². The normalized spacial score (nSPS) is 10.9. The Labute approximate surface area is 112 Å². The molecule has 0 bridgehead atoms. The fourth-order valence-electron chi connectivity index (χ4n) is 1.45. The highest BCUT2D eigenvalue weighted by molar-refractivity contribution is 9.09. The van der Waals surface area contributed by atoms with Gasteiger partial charge in [-0.2, -0.15) is 18.4 Å². The van der Waals surface area contributed by atoms with Gasteiger partial charge in [-0.3, -0.25) is 14.9 Å². The van der Waals surface area contributed by atoms with Gasteiger partial charge in [0.1, 0.15) is 17.2 Å². The van der Waals surface area contributed by atoms with Crippen LogP contribution in [0.15, 0.2) is 12.1 Å². The second-order valence-corrected chi connectivity index (χ2v) is 3.87. The van der Waals surface area contributed by atoms with E-state index in [9.17, 15) is 28.1 Å². The molecule has 0 radical (unpaired) electrons. The van der Waals surface area contributed by atoms with Crippen molar-refractivity contribution in [2.24, 2.45) is 0 Å². The number of nitrogens with zero attached hydrogens (tertiary/aromatic N) is 2. The summed E-state index contributed by atoms with van der Waals surface area (Å²) in [4.78, 5) is 21.0. The number of hydrogen-bond acceptors (Lipinski definition) is 4. The van der Waals surface area contributed by atoms with Crippen LogP contribution in [0.2, 0.25) is 0 Å². The van der Waals surface area contributed by atoms with Crippen LogP contribution < -0.4 is 0 Å². The van der Waals surface area contributed by atoms with Crippen molar-refractivity contribution < 1.29 is 22.9 Å². The molecule has 0 saturated heterocycles. The summed E-state index contributed by atoms with van der Waals surface area (Å²) in [5, 5.41) is 19.1. The first-order valence-electron chi connectivity index (χ1n) is 4.61. The molecule has 9 heteroatoms. The molecule has 0 fully saturated rings. The van der Waals surface area contributed by atoms with E-state index in [1.54, 1.807) is 0 Å². The molecular weight excluding hydrogens is 333 g/mol. The predicted molar refractivity (Wildman–Crippen MR) is 60.9 cm³/mol. The zero-order valence-electron chi connectivity index (χ0n) is 8.99. The number of halogens is 4. The van der Waals surface area contributed by atoms with Crippen LogP contribution in [0.1, 0.15) is 21.5 Å². The number of rotatable bonds is 3. The van der Waals surface area contributed by atoms with E-state index in [1.807, 2.05) is 0 Å². The van der Waals surface area contributed by atoms with Gasteiger partial charge in [-0.1, -0.05) is 15.9 Å². The van der Waals surface area contributed by atoms with Crippen LogP contribution in [0, 0.1) is 21.4 Å². The highest BCUT2D eigenvalue weighted by Gasteiger charge is 2.41. The largest absolute Gasteiger partial charge is 0.423 e. The number of Topliss-reactive ketones (excluding diaryl/α,β-unsaturated/α-hetero) is 1. The van der Waals surface area contributed by atoms with Gasteiger partial charge in [-0.25, -0.2) is 0 Å². The highest BCUT2D eigenvalue weighted by Crippen LogP contribution is 2.39. The summed E-state index contributed by atoms with van der Waals surface area (Å²) in [6, 6.07) is 2.63. The van der Waals surface area contributed by atoms with E-state index in [4.69, 9.17) is 5.26 Å². The average Bonchev–Trinajstić information content (AvgIpc) is 2.34. The lowest BCUT2D eigenvalue weighted by atomic mass is 9.98. The Morgan fingerprint density at radius 3 is 2.42 bits per heavy atom. The number of ketones is 1. The van der Waals surface area contributed by atoms with Gasteiger partial charge in [-0.05, 0) is 12.1 Å². The number of nitriles is 1. The SMILES string of the molecule is N#Cc1ccc(C(F)(F)F)c([N+](=O)[O-])c1C(=O)CBr. The van der Waals surface area contributed by atoms with Crippen LogP contribution >= 0.6 is 15.9 Å². The number of nitro benzene ring substituents is 1. The minimum Gasteiger partial charge on any atom is -0.293 e. The minimum atomic E-state index is -4.99. The van der Waals surface area contributed by atoms with Gasteiger partial charge >= 0.3 is 6.18 Å². The number of benzene rings is 1. The van der Waals surface area contributed by atoms with Crippen molar-refractivity contribution in [2.45, 2.75) is 6.18 Å². The zero-order chi connectivity index (χ0) is 14.8. The van der Waals surface area contributed by atoms with Gasteiger partial charge in [0.25, 0.3) is 5.69 Å². The van der Waals surface area contributed by atoms with Gasteiger partial charge in [0.15, 0.2) is 5.78 Å². The van der Waals surface area contributed by atoms with Crippen LogP contribution in [0.3, 0.4) is 0 Å². The van der Waals surface area contributed by atoms with E-state index < -0.39 is 44.6 Å². The first kappa shape index (κ1) is 15.1. The van der Waals surface area contributed by atoms with Crippen molar-refractivity contribution >= 4 is 27.4 Å². The van der Waals surface area contributed by atoms with Gasteiger partial charge < -0.3 is 0 Å². The fraction of sp³-hybridized carbons (Fsp3) is 0.200. The molecule has 0 aliphatic carbocycles. The van der Waals surface area contributed by atoms with E-state index in [-0.39, 0.29) is 0 Å². The molecule has 0 saturated carbocycles. The summed E-state index contributed by atoms with van der Waals surface area (Å²) in [5.74, 6) is -0.964. The van der Waals surface area contributed by atoms with Gasteiger partial charge in [-0.15, -0.1) is 0 Å². The van der Waals surface area contributed by atoms with E-state index >= 15 is 0 Å². The van der Waals surface area contributed by atoms with Gasteiger partial charge in [0.2, 0.25) is 0 Å². The average molecular weight is 337 g/mol. The van der Waals surface area contributed by atoms with E-state index in [2.05, 4.69) is 15.9 Å². The molecular formula is C10H4BrF3N2O3. The predicted octanol–water partition coefficient (Wildman–Crippen LogP) is 3.06. The smallest absolute Gasteiger partial charge is 0.293 e. The zero-order valence-corrected chi connectivity index (χ0v) is 10.6. The molecule has 0 unspecified atom stereocenters. The molecule has 0 heterocycles. The second-order valence-electron chi connectivity index (χ2n) is 3.31. The second kappa shape index (κ2) is 5.36. The summed E-state index contributed by atoms with van der Waals surface area (Å²) < 4.78 is 38.0. The third-order valence-electron chi connectivity index (χ3n) is 2.19. The Balaban J connectivity index is 3.80. The molecule has 0 amide bonds. The number of carbonyl (C=O) groups excluding carboxylic acids is 1. The Kier molecular flexibility index (Phi) is 4.26. The monoisotopic (exact) mass is 336 g/mol. The maximum Gasteiger partial charge on any atom is 0.423 e. The van der Waals surface area contributed by atoms with Crippen LogP contribution in [0.4, 0.5) is 18.9 Å². The quantitative estimate of drug-likeness (QED) is 0.367. The lowest BCUT2D eigenvalue weighted by Gasteiger charge is -2.10. The van der Waals surface area contributed by atoms with Crippen LogP contribution in [0.25, 0.3) is 0 Å². The van der Waals surface area contributed by atoms with E-state index in [0.29, 0.717) is 6.07 Å². The molecule has 1 rings (SSSR count). The maximum atomic E-state index is 12.7. The number of alkyl halides is 4. The molecule has 0 aliphatic heterocycles. The molecule has 0 atom stereocenters. The highest BCUT2D eigenvalue weighted by atomic mass is 79.9. The Morgan fingerprint density at radius 2 is 2.05 bits per heavy atom. The number of carbonyl (C=O) groups is 1. The minimum absolute atomic E-state index is 0.418. The number of hydrogen-bond donors (Lipinski definition) is 0. The van der Waals surface area contributed by atoms with Gasteiger partial charge in [0, 0.05) is 0 Å². The molecule has 1 aromatic rings. The van der Waals surface area contributed by atoms with Crippen LogP contribution in [-0.4, -0.2) is 16.0 Å². The Bertz CT molecular complexity index is 593. The molecule has 100 valence electrons. The van der Waals surface area contributed by atoms with E-state index in [0.717, 1.165) is 6.07 Å². The molecule has 5 nitrogen and oxygen atoms in total. The molecule has 0 aliphatic rings. The third-order valence-corrected chi connectivity index (χ3v) is 2.70. The summed E-state index contributed by atoms with van der Waals surface area (Å²) in [5.41, 5.74) is -4.25. The summed E-state index contributed by atoms with van der Waals surface area (Å²) in [7, 11) is 0.